The molecular weight excluding hydrogens is 252 g/mol. The molecule has 0 aromatic carbocycles. The summed E-state index contributed by atoms with van der Waals surface area (Å²) in [5.74, 6) is 3.60. The van der Waals surface area contributed by atoms with Crippen molar-refractivity contribution < 1.29 is 0 Å². The molecule has 0 aliphatic heterocycles. The van der Waals surface area contributed by atoms with Gasteiger partial charge in [-0.1, -0.05) is 72.0 Å². The molecule has 3 rings (SSSR count). The van der Waals surface area contributed by atoms with Crippen LogP contribution in [0.25, 0.3) is 0 Å². The second-order valence-electron chi connectivity index (χ2n) is 9.04. The van der Waals surface area contributed by atoms with Crippen LogP contribution in [0.3, 0.4) is 0 Å². The molecule has 0 nitrogen and oxygen atoms in total. The molecule has 2 saturated carbocycles. The monoisotopic (exact) mass is 288 g/mol. The lowest BCUT2D eigenvalue weighted by Gasteiger charge is -2.45. The first-order chi connectivity index (χ1) is 9.89. The predicted molar refractivity (Wildman–Crippen MR) is 92.2 cm³/mol. The summed E-state index contributed by atoms with van der Waals surface area (Å²) >= 11 is 0. The summed E-state index contributed by atoms with van der Waals surface area (Å²) in [6.07, 6.45) is 9.99. The number of fused-ring (bicyclic) bond motifs is 1. The Morgan fingerprint density at radius 1 is 1.05 bits per heavy atom. The molecule has 0 heterocycles. The molecule has 6 unspecified atom stereocenters. The van der Waals surface area contributed by atoms with E-state index in [9.17, 15) is 0 Å². The van der Waals surface area contributed by atoms with E-state index in [4.69, 9.17) is 0 Å². The fourth-order valence-electron chi connectivity index (χ4n) is 5.57. The maximum atomic E-state index is 2.59. The SMILES string of the molecule is CCCC12CC1=C2C1CC(C)(CC)C(C)C(C)CCC1C. The van der Waals surface area contributed by atoms with Crippen molar-refractivity contribution in [1.82, 2.24) is 0 Å². The second kappa shape index (κ2) is 5.14. The van der Waals surface area contributed by atoms with E-state index < -0.39 is 0 Å². The van der Waals surface area contributed by atoms with Gasteiger partial charge < -0.3 is 0 Å². The molecule has 0 spiro atoms. The average Bonchev–Trinajstić information content (AvgIpc) is 3.31. The third-order valence-corrected chi connectivity index (χ3v) is 7.97. The van der Waals surface area contributed by atoms with Gasteiger partial charge in [0.15, 0.2) is 0 Å². The third-order valence-electron chi connectivity index (χ3n) is 7.97. The van der Waals surface area contributed by atoms with Gasteiger partial charge in [0.1, 0.15) is 0 Å². The summed E-state index contributed by atoms with van der Waals surface area (Å²) in [6.45, 7) is 15.0. The first-order valence-electron chi connectivity index (χ1n) is 9.63. The second-order valence-corrected chi connectivity index (χ2v) is 9.04. The number of rotatable bonds is 4. The summed E-state index contributed by atoms with van der Waals surface area (Å²) in [7, 11) is 0. The van der Waals surface area contributed by atoms with E-state index in [0.717, 1.165) is 23.7 Å². The van der Waals surface area contributed by atoms with Gasteiger partial charge >= 0.3 is 0 Å². The lowest BCUT2D eigenvalue weighted by molar-refractivity contribution is 0.0653. The van der Waals surface area contributed by atoms with Crippen LogP contribution < -0.4 is 0 Å². The van der Waals surface area contributed by atoms with Gasteiger partial charge in [-0.25, -0.2) is 0 Å². The summed E-state index contributed by atoms with van der Waals surface area (Å²) < 4.78 is 0. The molecule has 0 radical (unpaired) electrons. The van der Waals surface area contributed by atoms with Gasteiger partial charge in [-0.2, -0.15) is 0 Å². The van der Waals surface area contributed by atoms with Crippen LogP contribution >= 0.6 is 0 Å². The topological polar surface area (TPSA) is 0 Å². The molecule has 120 valence electrons. The molecule has 0 N–H and O–H groups in total. The van der Waals surface area contributed by atoms with E-state index in [1.54, 1.807) is 0 Å². The van der Waals surface area contributed by atoms with Crippen molar-refractivity contribution >= 4 is 0 Å². The van der Waals surface area contributed by atoms with Gasteiger partial charge in [0.25, 0.3) is 0 Å². The normalized spacial score (nSPS) is 49.4. The van der Waals surface area contributed by atoms with Crippen LogP contribution in [0.1, 0.15) is 86.5 Å². The molecule has 2 fully saturated rings. The first kappa shape index (κ1) is 15.6. The molecule has 3 aliphatic carbocycles. The van der Waals surface area contributed by atoms with Crippen LogP contribution in [0.4, 0.5) is 0 Å². The maximum absolute atomic E-state index is 2.59. The summed E-state index contributed by atoms with van der Waals surface area (Å²) in [4.78, 5) is 0. The predicted octanol–water partition coefficient (Wildman–Crippen LogP) is 6.61. The fourth-order valence-corrected chi connectivity index (χ4v) is 5.57. The Morgan fingerprint density at radius 3 is 2.29 bits per heavy atom. The van der Waals surface area contributed by atoms with E-state index in [1.165, 1.54) is 44.9 Å². The quantitative estimate of drug-likeness (QED) is 0.510. The highest BCUT2D eigenvalue weighted by Crippen LogP contribution is 2.79. The molecule has 0 aromatic heterocycles. The van der Waals surface area contributed by atoms with Gasteiger partial charge in [-0.15, -0.1) is 0 Å². The zero-order valence-corrected chi connectivity index (χ0v) is 15.3. The summed E-state index contributed by atoms with van der Waals surface area (Å²) in [6, 6.07) is 0. The fraction of sp³-hybridized carbons (Fsp3) is 0.905. The van der Waals surface area contributed by atoms with E-state index >= 15 is 0 Å². The van der Waals surface area contributed by atoms with Crippen LogP contribution in [-0.4, -0.2) is 0 Å². The Bertz CT molecular complexity index is 445. The minimum atomic E-state index is 0.550. The molecule has 0 heteroatoms. The Hall–Kier alpha value is -0.260. The zero-order valence-electron chi connectivity index (χ0n) is 15.3. The highest BCUT2D eigenvalue weighted by atomic mass is 14.7. The van der Waals surface area contributed by atoms with Crippen molar-refractivity contribution in [3.8, 4) is 0 Å². The number of allylic oxidation sites excluding steroid dienone is 2. The lowest BCUT2D eigenvalue weighted by Crippen LogP contribution is -2.36. The number of hydrogen-bond donors (Lipinski definition) is 0. The van der Waals surface area contributed by atoms with Crippen molar-refractivity contribution in [2.24, 2.45) is 34.5 Å². The Kier molecular flexibility index (Phi) is 3.82. The van der Waals surface area contributed by atoms with Gasteiger partial charge in [-0.3, -0.25) is 0 Å². The Balaban J connectivity index is 1.80. The van der Waals surface area contributed by atoms with Gasteiger partial charge in [0.05, 0.1) is 0 Å². The first-order valence-corrected chi connectivity index (χ1v) is 9.63. The molecule has 0 saturated heterocycles. The molecule has 0 amide bonds. The van der Waals surface area contributed by atoms with E-state index in [-0.39, 0.29) is 0 Å². The van der Waals surface area contributed by atoms with Crippen LogP contribution in [0.5, 0.6) is 0 Å². The minimum Gasteiger partial charge on any atom is -0.0653 e. The van der Waals surface area contributed by atoms with Gasteiger partial charge in [0.2, 0.25) is 0 Å². The van der Waals surface area contributed by atoms with Crippen molar-refractivity contribution in [1.29, 1.82) is 0 Å². The molecule has 3 aliphatic rings. The van der Waals surface area contributed by atoms with Crippen LogP contribution in [0.15, 0.2) is 11.1 Å². The lowest BCUT2D eigenvalue weighted by atomic mass is 9.60. The maximum Gasteiger partial charge on any atom is 0.0167 e. The smallest absolute Gasteiger partial charge is 0.0167 e. The van der Waals surface area contributed by atoms with Crippen molar-refractivity contribution in [2.75, 3.05) is 0 Å². The van der Waals surface area contributed by atoms with Gasteiger partial charge in [0, 0.05) is 5.41 Å². The van der Waals surface area contributed by atoms with E-state index in [0.29, 0.717) is 10.8 Å². The molecule has 21 heavy (non-hydrogen) atoms. The molecule has 0 bridgehead atoms. The Labute approximate surface area is 132 Å². The highest BCUT2D eigenvalue weighted by molar-refractivity contribution is 5.65. The largest absolute Gasteiger partial charge is 0.0653 e. The zero-order chi connectivity index (χ0) is 15.4. The van der Waals surface area contributed by atoms with Crippen molar-refractivity contribution in [3.63, 3.8) is 0 Å². The van der Waals surface area contributed by atoms with Crippen molar-refractivity contribution in [2.45, 2.75) is 86.5 Å². The molecule has 0 aromatic rings. The van der Waals surface area contributed by atoms with Crippen LogP contribution in [0.2, 0.25) is 0 Å². The van der Waals surface area contributed by atoms with Crippen molar-refractivity contribution in [3.05, 3.63) is 11.1 Å². The van der Waals surface area contributed by atoms with Gasteiger partial charge in [-0.05, 0) is 54.8 Å². The Morgan fingerprint density at radius 2 is 1.71 bits per heavy atom. The highest BCUT2D eigenvalue weighted by Gasteiger charge is 2.68. The van der Waals surface area contributed by atoms with Crippen LogP contribution in [-0.2, 0) is 0 Å². The third kappa shape index (κ3) is 2.32. The number of hydrogen-bond acceptors (Lipinski definition) is 0. The van der Waals surface area contributed by atoms with E-state index in [1.807, 2.05) is 11.1 Å². The minimum absolute atomic E-state index is 0.550. The standard InChI is InChI=1S/C21H36/c1-7-11-21-13-18(21)19(21)17-12-20(6,8-2)16(5)14(3)9-10-15(17)4/h14-17H,7-13H2,1-6H3. The molecule has 6 atom stereocenters. The van der Waals surface area contributed by atoms with Crippen LogP contribution in [0, 0.1) is 34.5 Å². The molecular formula is C21H36. The average molecular weight is 289 g/mol. The summed E-state index contributed by atoms with van der Waals surface area (Å²) in [5.41, 5.74) is 5.10. The summed E-state index contributed by atoms with van der Waals surface area (Å²) in [5, 5.41) is 0. The van der Waals surface area contributed by atoms with E-state index in [2.05, 4.69) is 41.5 Å².